The Hall–Kier alpha value is -6.81. The Morgan fingerprint density at radius 3 is 1.26 bits per heavy atom. The van der Waals surface area contributed by atoms with E-state index in [4.69, 9.17) is 4.98 Å². The van der Waals surface area contributed by atoms with Gasteiger partial charge in [0.2, 0.25) is 6.71 Å². The minimum atomic E-state index is -2.58. The summed E-state index contributed by atoms with van der Waals surface area (Å²) in [6.07, 6.45) is 7.87. The maximum absolute atomic E-state index is 5.41. The van der Waals surface area contributed by atoms with Gasteiger partial charge in [0, 0.05) is 5.56 Å². The molecule has 2 atom stereocenters. The number of pyridine rings is 1. The molecule has 0 spiro atoms. The van der Waals surface area contributed by atoms with E-state index in [9.17, 15) is 0 Å². The fourth-order valence-corrected chi connectivity index (χ4v) is 20.2. The van der Waals surface area contributed by atoms with Crippen molar-refractivity contribution in [3.8, 4) is 22.5 Å². The molecule has 2 unspecified atom stereocenters. The monoisotopic (exact) mass is 948 g/mol. The molecule has 0 amide bonds. The Morgan fingerprint density at radius 2 is 0.806 bits per heavy atom. The first-order valence-electron chi connectivity index (χ1n) is 26.6. The SMILES string of the molecule is Cc1cc(C)c(B(c2cccc(-c3cccc(-c4ccc(C56CC7CC(C5)CC(c5ccc([Si](c8ccccc8)(c8ccccc8)c8ccccc8)cc5)(C7)C6)cc4)n3)c2)c2c(C)cc(C)cc2C)c(C)c1. The van der Waals surface area contributed by atoms with E-state index in [0.717, 1.165) is 28.8 Å². The van der Waals surface area contributed by atoms with Gasteiger partial charge in [0.15, 0.2) is 8.07 Å². The van der Waals surface area contributed by atoms with E-state index in [-0.39, 0.29) is 17.5 Å². The predicted octanol–water partition coefficient (Wildman–Crippen LogP) is 11.9. The first-order valence-corrected chi connectivity index (χ1v) is 28.6. The van der Waals surface area contributed by atoms with Crippen LogP contribution in [0.4, 0.5) is 0 Å². The number of aryl methyl sites for hydroxylation is 6. The van der Waals surface area contributed by atoms with Crippen LogP contribution < -0.4 is 37.1 Å². The molecule has 4 aliphatic rings. The van der Waals surface area contributed by atoms with Gasteiger partial charge >= 0.3 is 0 Å². The molecule has 0 radical (unpaired) electrons. The first kappa shape index (κ1) is 46.3. The lowest BCUT2D eigenvalue weighted by molar-refractivity contribution is -0.0281. The maximum Gasteiger partial charge on any atom is 0.242 e. The molecule has 4 aliphatic carbocycles. The van der Waals surface area contributed by atoms with Crippen LogP contribution in [-0.2, 0) is 10.8 Å². The Morgan fingerprint density at radius 1 is 0.403 bits per heavy atom. The van der Waals surface area contributed by atoms with Gasteiger partial charge < -0.3 is 0 Å². The lowest BCUT2D eigenvalue weighted by atomic mass is 9.34. The lowest BCUT2D eigenvalue weighted by Crippen LogP contribution is -2.74. The normalized spacial score (nSPS) is 20.1. The average Bonchev–Trinajstić information content (AvgIpc) is 3.39. The second kappa shape index (κ2) is 18.3. The summed E-state index contributed by atoms with van der Waals surface area (Å²) in [7, 11) is -2.58. The quantitative estimate of drug-likeness (QED) is 0.0930. The second-order valence-corrected chi connectivity index (χ2v) is 26.4. The van der Waals surface area contributed by atoms with Gasteiger partial charge in [0.05, 0.1) is 11.4 Å². The highest BCUT2D eigenvalue weighted by Crippen LogP contribution is 2.66. The molecule has 13 rings (SSSR count). The number of nitrogens with zero attached hydrogens (tertiary/aromatic N) is 1. The van der Waals surface area contributed by atoms with Gasteiger partial charge in [-0.25, -0.2) is 4.98 Å². The van der Waals surface area contributed by atoms with Crippen molar-refractivity contribution in [3.63, 3.8) is 0 Å². The lowest BCUT2D eigenvalue weighted by Gasteiger charge is -2.63. The fourth-order valence-electron chi connectivity index (χ4n) is 15.5. The summed E-state index contributed by atoms with van der Waals surface area (Å²) in [6.45, 7) is 13.7. The number of benzene rings is 8. The van der Waals surface area contributed by atoms with E-state index < -0.39 is 8.07 Å². The molecule has 0 aliphatic heterocycles. The predicted molar refractivity (Wildman–Crippen MR) is 309 cm³/mol. The van der Waals surface area contributed by atoms with Crippen molar-refractivity contribution in [3.05, 3.63) is 251 Å². The summed E-state index contributed by atoms with van der Waals surface area (Å²) >= 11 is 0. The molecule has 4 fully saturated rings. The van der Waals surface area contributed by atoms with E-state index >= 15 is 0 Å². The summed E-state index contributed by atoms with van der Waals surface area (Å²) in [6, 6.07) is 79.2. The van der Waals surface area contributed by atoms with Crippen molar-refractivity contribution in [1.82, 2.24) is 4.98 Å². The summed E-state index contributed by atoms with van der Waals surface area (Å²) in [5.41, 5.74) is 20.0. The molecule has 3 heteroatoms. The van der Waals surface area contributed by atoms with Crippen LogP contribution in [0, 0.1) is 53.4 Å². The molecule has 9 aromatic rings. The van der Waals surface area contributed by atoms with Gasteiger partial charge in [-0.05, 0) is 152 Å². The summed E-state index contributed by atoms with van der Waals surface area (Å²) in [5, 5.41) is 5.75. The minimum absolute atomic E-state index is 0.116. The maximum atomic E-state index is 5.41. The molecule has 4 bridgehead atoms. The van der Waals surface area contributed by atoms with Gasteiger partial charge in [-0.2, -0.15) is 0 Å². The summed E-state index contributed by atoms with van der Waals surface area (Å²) < 4.78 is 0. The number of rotatable bonds is 11. The largest absolute Gasteiger partial charge is 0.248 e. The number of hydrogen-bond acceptors (Lipinski definition) is 1. The van der Waals surface area contributed by atoms with Crippen molar-refractivity contribution < 1.29 is 0 Å². The zero-order valence-corrected chi connectivity index (χ0v) is 44.1. The number of aromatic nitrogens is 1. The van der Waals surface area contributed by atoms with Crippen molar-refractivity contribution in [2.24, 2.45) is 11.8 Å². The molecular formula is C69H66BNSi. The molecule has 8 aromatic carbocycles. The number of hydrogen-bond donors (Lipinski definition) is 0. The smallest absolute Gasteiger partial charge is 0.242 e. The summed E-state index contributed by atoms with van der Waals surface area (Å²) in [5.74, 6) is 1.53. The first-order chi connectivity index (χ1) is 35.0. The van der Waals surface area contributed by atoms with Gasteiger partial charge in [-0.3, -0.25) is 0 Å². The van der Waals surface area contributed by atoms with E-state index in [2.05, 4.69) is 248 Å². The molecule has 0 N–H and O–H groups in total. The third-order valence-electron chi connectivity index (χ3n) is 17.7. The fraction of sp³-hybridized carbons (Fsp3) is 0.232. The van der Waals surface area contributed by atoms with Crippen LogP contribution in [0.15, 0.2) is 206 Å². The van der Waals surface area contributed by atoms with Crippen molar-refractivity contribution in [2.75, 3.05) is 0 Å². The van der Waals surface area contributed by atoms with Gasteiger partial charge in [0.25, 0.3) is 0 Å². The van der Waals surface area contributed by atoms with Crippen LogP contribution in [0.1, 0.15) is 83.0 Å². The van der Waals surface area contributed by atoms with Crippen LogP contribution in [-0.4, -0.2) is 19.8 Å². The Labute approximate surface area is 430 Å². The van der Waals surface area contributed by atoms with Crippen LogP contribution in [0.3, 0.4) is 0 Å². The third-order valence-corrected chi connectivity index (χ3v) is 22.5. The van der Waals surface area contributed by atoms with E-state index in [0.29, 0.717) is 0 Å². The molecular weight excluding hydrogens is 882 g/mol. The zero-order valence-electron chi connectivity index (χ0n) is 43.1. The molecule has 1 nitrogen and oxygen atoms in total. The van der Waals surface area contributed by atoms with Crippen LogP contribution in [0.25, 0.3) is 22.5 Å². The van der Waals surface area contributed by atoms with E-state index in [1.807, 2.05) is 0 Å². The van der Waals surface area contributed by atoms with Crippen LogP contribution >= 0.6 is 0 Å². The van der Waals surface area contributed by atoms with E-state index in [1.165, 1.54) is 120 Å². The van der Waals surface area contributed by atoms with Gasteiger partial charge in [-0.1, -0.05) is 244 Å². The second-order valence-electron chi connectivity index (χ2n) is 22.6. The molecule has 1 heterocycles. The standard InChI is InChI=1S/C69H66BNSi/c1-47-36-49(3)66(50(4)37-47)70(67-51(5)38-48(2)39-52(67)6)59-19-16-18-56(41-59)65-27-17-26-64(71-65)55-28-30-57(31-29-55)68-42-53-40-54(43-68)45-69(44-53,46-68)58-32-34-63(35-33-58)72(60-20-10-7-11-21-60,61-22-12-8-13-23-61)62-24-14-9-15-25-62/h7-39,41,53-54H,40,42-46H2,1-6H3. The van der Waals surface area contributed by atoms with Crippen molar-refractivity contribution in [1.29, 1.82) is 0 Å². The zero-order chi connectivity index (χ0) is 49.2. The molecule has 4 saturated carbocycles. The highest BCUT2D eigenvalue weighted by atomic mass is 28.3. The van der Waals surface area contributed by atoms with Crippen molar-refractivity contribution in [2.45, 2.75) is 90.9 Å². The van der Waals surface area contributed by atoms with Gasteiger partial charge in [-0.15, -0.1) is 0 Å². The third kappa shape index (κ3) is 7.96. The Balaban J connectivity index is 0.855. The molecule has 72 heavy (non-hydrogen) atoms. The Bertz CT molecular complexity index is 3220. The van der Waals surface area contributed by atoms with Crippen molar-refractivity contribution >= 4 is 51.9 Å². The van der Waals surface area contributed by atoms with E-state index in [1.54, 1.807) is 5.56 Å². The Kier molecular flexibility index (Phi) is 11.8. The molecule has 1 aromatic heterocycles. The average molecular weight is 948 g/mol. The highest BCUT2D eigenvalue weighted by molar-refractivity contribution is 7.19. The van der Waals surface area contributed by atoms with Gasteiger partial charge in [0.1, 0.15) is 0 Å². The van der Waals surface area contributed by atoms with Crippen LogP contribution in [0.2, 0.25) is 0 Å². The van der Waals surface area contributed by atoms with Crippen LogP contribution in [0.5, 0.6) is 0 Å². The summed E-state index contributed by atoms with van der Waals surface area (Å²) in [4.78, 5) is 5.41. The molecule has 354 valence electrons. The molecule has 0 saturated heterocycles. The minimum Gasteiger partial charge on any atom is -0.248 e. The topological polar surface area (TPSA) is 12.9 Å². The highest BCUT2D eigenvalue weighted by Gasteiger charge is 2.58.